The van der Waals surface area contributed by atoms with E-state index in [1.54, 1.807) is 24.8 Å². The van der Waals surface area contributed by atoms with E-state index in [2.05, 4.69) is 10.3 Å². The second-order valence-corrected chi connectivity index (χ2v) is 4.91. The van der Waals surface area contributed by atoms with Crippen LogP contribution in [0.15, 0.2) is 12.1 Å². The van der Waals surface area contributed by atoms with E-state index in [1.807, 2.05) is 13.8 Å². The lowest BCUT2D eigenvalue weighted by molar-refractivity contribution is -0.132. The predicted octanol–water partition coefficient (Wildman–Crippen LogP) is 2.03. The third kappa shape index (κ3) is 4.20. The average Bonchev–Trinajstić information content (AvgIpc) is 2.38. The van der Waals surface area contributed by atoms with Gasteiger partial charge in [0.15, 0.2) is 0 Å². The first kappa shape index (κ1) is 16.4. The highest BCUT2D eigenvalue weighted by molar-refractivity contribution is 6.29. The first-order valence-electron chi connectivity index (χ1n) is 6.62. The minimum atomic E-state index is -0.574. The number of pyridine rings is 1. The summed E-state index contributed by atoms with van der Waals surface area (Å²) in [6, 6.07) is 2.54. The Morgan fingerprint density at radius 2 is 1.95 bits per heavy atom. The molecular weight excluding hydrogens is 278 g/mol. The molecule has 2 amide bonds. The van der Waals surface area contributed by atoms with Crippen molar-refractivity contribution in [2.24, 2.45) is 0 Å². The first-order chi connectivity index (χ1) is 9.38. The maximum atomic E-state index is 12.1. The molecule has 6 heteroatoms. The van der Waals surface area contributed by atoms with E-state index >= 15 is 0 Å². The van der Waals surface area contributed by atoms with Gasteiger partial charge in [0.2, 0.25) is 5.91 Å². The monoisotopic (exact) mass is 297 g/mol. The number of likely N-dealkylation sites (N-methyl/N-ethyl adjacent to an activating group) is 1. The largest absolute Gasteiger partial charge is 0.341 e. The van der Waals surface area contributed by atoms with Crippen LogP contribution in [0.5, 0.6) is 0 Å². The molecule has 0 saturated carbocycles. The second-order valence-electron chi connectivity index (χ2n) is 4.53. The number of aromatic nitrogens is 1. The third-order valence-corrected chi connectivity index (χ3v) is 3.17. The number of nitrogens with zero attached hydrogens (tertiary/aromatic N) is 2. The molecular formula is C14H20ClN3O2. The van der Waals surface area contributed by atoms with Gasteiger partial charge in [-0.2, -0.15) is 0 Å². The molecule has 0 saturated heterocycles. The quantitative estimate of drug-likeness (QED) is 0.846. The molecule has 0 aromatic carbocycles. The van der Waals surface area contributed by atoms with Crippen LogP contribution in [0, 0.1) is 6.92 Å². The normalized spacial score (nSPS) is 11.8. The summed E-state index contributed by atoms with van der Waals surface area (Å²) in [6.45, 7) is 8.48. The molecule has 110 valence electrons. The molecule has 0 aliphatic carbocycles. The van der Waals surface area contributed by atoms with Gasteiger partial charge in [0.25, 0.3) is 5.91 Å². The number of aryl methyl sites for hydroxylation is 1. The van der Waals surface area contributed by atoms with Gasteiger partial charge >= 0.3 is 0 Å². The molecule has 1 heterocycles. The maximum Gasteiger partial charge on any atom is 0.252 e. The van der Waals surface area contributed by atoms with Gasteiger partial charge in [0, 0.05) is 24.3 Å². The van der Waals surface area contributed by atoms with Crippen molar-refractivity contribution in [3.05, 3.63) is 28.5 Å². The molecule has 0 aliphatic heterocycles. The number of carbonyl (C=O) groups is 2. The van der Waals surface area contributed by atoms with Gasteiger partial charge in [-0.3, -0.25) is 9.59 Å². The Balaban J connectivity index is 2.77. The molecule has 1 atom stereocenters. The molecule has 0 fully saturated rings. The van der Waals surface area contributed by atoms with Crippen molar-refractivity contribution in [1.29, 1.82) is 0 Å². The topological polar surface area (TPSA) is 62.3 Å². The summed E-state index contributed by atoms with van der Waals surface area (Å²) < 4.78 is 0. The summed E-state index contributed by atoms with van der Waals surface area (Å²) >= 11 is 5.82. The maximum absolute atomic E-state index is 12.1. The standard InChI is InChI=1S/C14H20ClN3O2/c1-5-18(6-2)14(20)10(4)17-13(19)11-7-9(3)16-12(15)8-11/h7-8,10H,5-6H2,1-4H3,(H,17,19). The molecule has 0 radical (unpaired) electrons. The fourth-order valence-electron chi connectivity index (χ4n) is 1.91. The van der Waals surface area contributed by atoms with Gasteiger partial charge < -0.3 is 10.2 Å². The van der Waals surface area contributed by atoms with Gasteiger partial charge in [0.05, 0.1) is 0 Å². The van der Waals surface area contributed by atoms with Crippen molar-refractivity contribution in [2.45, 2.75) is 33.7 Å². The minimum absolute atomic E-state index is 0.0970. The van der Waals surface area contributed by atoms with E-state index in [9.17, 15) is 9.59 Å². The highest BCUT2D eigenvalue weighted by atomic mass is 35.5. The zero-order chi connectivity index (χ0) is 15.3. The molecule has 5 nitrogen and oxygen atoms in total. The third-order valence-electron chi connectivity index (χ3n) is 2.98. The summed E-state index contributed by atoms with van der Waals surface area (Å²) in [5.74, 6) is -0.425. The van der Waals surface area contributed by atoms with Crippen molar-refractivity contribution in [3.63, 3.8) is 0 Å². The highest BCUT2D eigenvalue weighted by Gasteiger charge is 2.20. The molecule has 1 rings (SSSR count). The van der Waals surface area contributed by atoms with Crippen molar-refractivity contribution >= 4 is 23.4 Å². The second kappa shape index (κ2) is 7.24. The van der Waals surface area contributed by atoms with E-state index in [-0.39, 0.29) is 17.0 Å². The summed E-state index contributed by atoms with van der Waals surface area (Å²) in [6.07, 6.45) is 0. The van der Waals surface area contributed by atoms with Crippen molar-refractivity contribution in [3.8, 4) is 0 Å². The van der Waals surface area contributed by atoms with Crippen LogP contribution in [0.25, 0.3) is 0 Å². The SMILES string of the molecule is CCN(CC)C(=O)C(C)NC(=O)c1cc(C)nc(Cl)c1. The number of hydrogen-bond donors (Lipinski definition) is 1. The van der Waals surface area contributed by atoms with Crippen LogP contribution in [0.1, 0.15) is 36.8 Å². The summed E-state index contributed by atoms with van der Waals surface area (Å²) in [5, 5.41) is 2.94. The predicted molar refractivity (Wildman–Crippen MR) is 78.8 cm³/mol. The molecule has 0 spiro atoms. The van der Waals surface area contributed by atoms with Crippen LogP contribution in [0.2, 0.25) is 5.15 Å². The Labute approximate surface area is 124 Å². The van der Waals surface area contributed by atoms with Crippen LogP contribution in [0.3, 0.4) is 0 Å². The zero-order valence-corrected chi connectivity index (χ0v) is 13.0. The van der Waals surface area contributed by atoms with Crippen LogP contribution in [-0.4, -0.2) is 40.8 Å². The van der Waals surface area contributed by atoms with Gasteiger partial charge in [-0.15, -0.1) is 0 Å². The minimum Gasteiger partial charge on any atom is -0.341 e. The molecule has 1 unspecified atom stereocenters. The van der Waals surface area contributed by atoms with Gasteiger partial charge in [-0.05, 0) is 39.8 Å². The van der Waals surface area contributed by atoms with E-state index < -0.39 is 6.04 Å². The Hall–Kier alpha value is -1.62. The van der Waals surface area contributed by atoms with Gasteiger partial charge in [0.1, 0.15) is 11.2 Å². The Bertz CT molecular complexity index is 481. The fourth-order valence-corrected chi connectivity index (χ4v) is 2.16. The fraction of sp³-hybridized carbons (Fsp3) is 0.500. The Kier molecular flexibility index (Phi) is 5.95. The number of nitrogens with one attached hydrogen (secondary N) is 1. The molecule has 1 aromatic heterocycles. The lowest BCUT2D eigenvalue weighted by atomic mass is 10.2. The smallest absolute Gasteiger partial charge is 0.252 e. The molecule has 1 aromatic rings. The van der Waals surface area contributed by atoms with E-state index in [4.69, 9.17) is 11.6 Å². The Morgan fingerprint density at radius 3 is 2.45 bits per heavy atom. The Morgan fingerprint density at radius 1 is 1.35 bits per heavy atom. The lowest BCUT2D eigenvalue weighted by Crippen LogP contribution is -2.46. The van der Waals surface area contributed by atoms with Crippen molar-refractivity contribution in [1.82, 2.24) is 15.2 Å². The number of amides is 2. The van der Waals surface area contributed by atoms with Gasteiger partial charge in [-0.1, -0.05) is 11.6 Å². The molecule has 0 aliphatic rings. The summed E-state index contributed by atoms with van der Waals surface area (Å²) in [7, 11) is 0. The van der Waals surface area contributed by atoms with Crippen LogP contribution >= 0.6 is 11.6 Å². The number of halogens is 1. The number of rotatable bonds is 5. The van der Waals surface area contributed by atoms with Crippen molar-refractivity contribution in [2.75, 3.05) is 13.1 Å². The lowest BCUT2D eigenvalue weighted by Gasteiger charge is -2.23. The molecule has 1 N–H and O–H groups in total. The van der Waals surface area contributed by atoms with Crippen molar-refractivity contribution < 1.29 is 9.59 Å². The van der Waals surface area contributed by atoms with Crippen LogP contribution in [-0.2, 0) is 4.79 Å². The highest BCUT2D eigenvalue weighted by Crippen LogP contribution is 2.10. The number of hydrogen-bond acceptors (Lipinski definition) is 3. The van der Waals surface area contributed by atoms with E-state index in [1.165, 1.54) is 6.07 Å². The summed E-state index contributed by atoms with van der Waals surface area (Å²) in [4.78, 5) is 29.8. The zero-order valence-electron chi connectivity index (χ0n) is 12.2. The van der Waals surface area contributed by atoms with E-state index in [0.29, 0.717) is 24.3 Å². The summed E-state index contributed by atoms with van der Waals surface area (Å²) in [5.41, 5.74) is 1.06. The van der Waals surface area contributed by atoms with Crippen LogP contribution in [0.4, 0.5) is 0 Å². The molecule has 0 bridgehead atoms. The molecule has 20 heavy (non-hydrogen) atoms. The first-order valence-corrected chi connectivity index (χ1v) is 7.00. The van der Waals surface area contributed by atoms with Gasteiger partial charge in [-0.25, -0.2) is 4.98 Å². The van der Waals surface area contributed by atoms with Crippen LogP contribution < -0.4 is 5.32 Å². The number of carbonyl (C=O) groups excluding carboxylic acids is 2. The average molecular weight is 298 g/mol. The van der Waals surface area contributed by atoms with E-state index in [0.717, 1.165) is 0 Å².